The lowest BCUT2D eigenvalue weighted by atomic mass is 10.0. The lowest BCUT2D eigenvalue weighted by Gasteiger charge is -2.07. The Kier molecular flexibility index (Phi) is 3.30. The highest BCUT2D eigenvalue weighted by molar-refractivity contribution is 7.80. The summed E-state index contributed by atoms with van der Waals surface area (Å²) >= 11 is 4.81. The maximum absolute atomic E-state index is 11.8. The zero-order valence-corrected chi connectivity index (χ0v) is 11.1. The first-order valence-corrected chi connectivity index (χ1v) is 6.00. The van der Waals surface area contributed by atoms with Gasteiger partial charge in [-0.3, -0.25) is 4.79 Å². The van der Waals surface area contributed by atoms with Crippen LogP contribution in [0.4, 0.5) is 0 Å². The molecule has 0 unspecified atom stereocenters. The van der Waals surface area contributed by atoms with Gasteiger partial charge in [-0.15, -0.1) is 0 Å². The number of rotatable bonds is 2. The van der Waals surface area contributed by atoms with Crippen LogP contribution in [0.15, 0.2) is 35.1 Å². The predicted octanol–water partition coefficient (Wildman–Crippen LogP) is 2.29. The molecular formula is C14H14N2OS. The third-order valence-corrected chi connectivity index (χ3v) is 3.07. The maximum atomic E-state index is 11.8. The molecule has 0 saturated heterocycles. The Labute approximate surface area is 111 Å². The number of nitrogens with two attached hydrogens (primary N) is 1. The van der Waals surface area contributed by atoms with Gasteiger partial charge in [0.05, 0.1) is 5.56 Å². The highest BCUT2D eigenvalue weighted by Gasteiger charge is 2.07. The Morgan fingerprint density at radius 3 is 2.50 bits per heavy atom. The molecule has 1 heterocycles. The number of aryl methyl sites for hydroxylation is 2. The first-order valence-electron chi connectivity index (χ1n) is 5.60. The summed E-state index contributed by atoms with van der Waals surface area (Å²) in [4.78, 5) is 14.7. The molecule has 0 aliphatic carbocycles. The summed E-state index contributed by atoms with van der Waals surface area (Å²) in [6, 6.07) is 9.58. The van der Waals surface area contributed by atoms with Crippen LogP contribution in [-0.2, 0) is 0 Å². The first-order chi connectivity index (χ1) is 8.49. The van der Waals surface area contributed by atoms with Gasteiger partial charge in [0.25, 0.3) is 5.56 Å². The van der Waals surface area contributed by atoms with Crippen molar-refractivity contribution in [3.8, 4) is 11.3 Å². The smallest absolute Gasteiger partial charge is 0.258 e. The van der Waals surface area contributed by atoms with E-state index in [0.717, 1.165) is 16.8 Å². The molecule has 0 radical (unpaired) electrons. The molecule has 0 amide bonds. The van der Waals surface area contributed by atoms with Gasteiger partial charge < -0.3 is 10.7 Å². The number of hydrogen-bond acceptors (Lipinski definition) is 2. The second kappa shape index (κ2) is 4.74. The second-order valence-electron chi connectivity index (χ2n) is 4.30. The molecule has 0 atom stereocenters. The van der Waals surface area contributed by atoms with E-state index in [0.29, 0.717) is 5.56 Å². The minimum Gasteiger partial charge on any atom is -0.389 e. The van der Waals surface area contributed by atoms with E-state index in [1.807, 2.05) is 32.0 Å². The third-order valence-electron chi connectivity index (χ3n) is 2.85. The van der Waals surface area contributed by atoms with Crippen molar-refractivity contribution in [1.82, 2.24) is 4.98 Å². The van der Waals surface area contributed by atoms with E-state index in [9.17, 15) is 4.79 Å². The minimum atomic E-state index is -0.250. The van der Waals surface area contributed by atoms with Gasteiger partial charge in [-0.05, 0) is 31.5 Å². The fraction of sp³-hybridized carbons (Fsp3) is 0.143. The predicted molar refractivity (Wildman–Crippen MR) is 77.9 cm³/mol. The van der Waals surface area contributed by atoms with Crippen molar-refractivity contribution in [2.24, 2.45) is 5.73 Å². The largest absolute Gasteiger partial charge is 0.389 e. The zero-order chi connectivity index (χ0) is 13.3. The van der Waals surface area contributed by atoms with Gasteiger partial charge in [-0.1, -0.05) is 36.0 Å². The topological polar surface area (TPSA) is 58.9 Å². The lowest BCUT2D eigenvalue weighted by Crippen LogP contribution is -2.22. The quantitative estimate of drug-likeness (QED) is 0.813. The molecule has 0 spiro atoms. The van der Waals surface area contributed by atoms with Crippen LogP contribution in [0.3, 0.4) is 0 Å². The van der Waals surface area contributed by atoms with Gasteiger partial charge in [0, 0.05) is 11.3 Å². The molecule has 2 aromatic rings. The highest BCUT2D eigenvalue weighted by Crippen LogP contribution is 2.21. The minimum absolute atomic E-state index is 0.114. The second-order valence-corrected chi connectivity index (χ2v) is 4.74. The van der Waals surface area contributed by atoms with E-state index in [2.05, 4.69) is 11.1 Å². The van der Waals surface area contributed by atoms with E-state index >= 15 is 0 Å². The molecule has 3 nitrogen and oxygen atoms in total. The van der Waals surface area contributed by atoms with Crippen LogP contribution < -0.4 is 11.3 Å². The monoisotopic (exact) mass is 258 g/mol. The molecule has 4 heteroatoms. The highest BCUT2D eigenvalue weighted by atomic mass is 32.1. The number of aromatic nitrogens is 1. The van der Waals surface area contributed by atoms with E-state index in [-0.39, 0.29) is 10.5 Å². The molecule has 0 aliphatic rings. The fourth-order valence-corrected chi connectivity index (χ4v) is 2.10. The number of pyridine rings is 1. The maximum Gasteiger partial charge on any atom is 0.258 e. The fourth-order valence-electron chi connectivity index (χ4n) is 1.94. The van der Waals surface area contributed by atoms with Crippen molar-refractivity contribution in [3.05, 3.63) is 57.4 Å². The number of nitrogens with one attached hydrogen (secondary N) is 1. The molecule has 1 aromatic carbocycles. The molecule has 3 N–H and O–H groups in total. The molecule has 0 bridgehead atoms. The Morgan fingerprint density at radius 1 is 1.22 bits per heavy atom. The van der Waals surface area contributed by atoms with Crippen LogP contribution >= 0.6 is 12.2 Å². The van der Waals surface area contributed by atoms with E-state index < -0.39 is 0 Å². The van der Waals surface area contributed by atoms with Crippen LogP contribution in [0.25, 0.3) is 11.3 Å². The first kappa shape index (κ1) is 12.5. The average Bonchev–Trinajstić information content (AvgIpc) is 2.28. The van der Waals surface area contributed by atoms with Crippen molar-refractivity contribution in [2.45, 2.75) is 13.8 Å². The van der Waals surface area contributed by atoms with Gasteiger partial charge >= 0.3 is 0 Å². The third kappa shape index (κ3) is 2.33. The number of H-pyrrole nitrogens is 1. The van der Waals surface area contributed by atoms with Crippen LogP contribution in [0.2, 0.25) is 0 Å². The van der Waals surface area contributed by atoms with Crippen molar-refractivity contribution >= 4 is 17.2 Å². The lowest BCUT2D eigenvalue weighted by molar-refractivity contribution is 1.22. The summed E-state index contributed by atoms with van der Waals surface area (Å²) in [6.45, 7) is 4.05. The van der Waals surface area contributed by atoms with Gasteiger partial charge in [0.2, 0.25) is 0 Å². The summed E-state index contributed by atoms with van der Waals surface area (Å²) in [5, 5.41) is 0. The normalized spacial score (nSPS) is 10.3. The molecular weight excluding hydrogens is 244 g/mol. The summed E-state index contributed by atoms with van der Waals surface area (Å²) in [6.07, 6.45) is 0. The van der Waals surface area contributed by atoms with Gasteiger partial charge in [0.15, 0.2) is 0 Å². The Hall–Kier alpha value is -1.94. The Morgan fingerprint density at radius 2 is 1.94 bits per heavy atom. The average molecular weight is 258 g/mol. The van der Waals surface area contributed by atoms with E-state index in [1.165, 1.54) is 5.56 Å². The van der Waals surface area contributed by atoms with Crippen molar-refractivity contribution in [3.63, 3.8) is 0 Å². The molecule has 0 aliphatic heterocycles. The SMILES string of the molecule is Cc1ccc(-c2ccc(C(N)=S)c(=O)[nH]2)c(C)c1. The Balaban J connectivity index is 2.56. The summed E-state index contributed by atoms with van der Waals surface area (Å²) in [7, 11) is 0. The standard InChI is InChI=1S/C14H14N2OS/c1-8-3-4-10(9(2)7-8)12-6-5-11(13(15)18)14(17)16-12/h3-7H,1-2H3,(H2,15,18)(H,16,17). The molecule has 0 fully saturated rings. The van der Waals surface area contributed by atoms with Crippen molar-refractivity contribution < 1.29 is 0 Å². The van der Waals surface area contributed by atoms with Crippen LogP contribution in [-0.4, -0.2) is 9.97 Å². The summed E-state index contributed by atoms with van der Waals surface area (Å²) in [5.74, 6) is 0. The van der Waals surface area contributed by atoms with Gasteiger partial charge in [-0.25, -0.2) is 0 Å². The van der Waals surface area contributed by atoms with E-state index in [4.69, 9.17) is 18.0 Å². The Bertz CT molecular complexity index is 674. The molecule has 2 rings (SSSR count). The van der Waals surface area contributed by atoms with Gasteiger partial charge in [0.1, 0.15) is 4.99 Å². The van der Waals surface area contributed by atoms with Crippen molar-refractivity contribution in [1.29, 1.82) is 0 Å². The molecule has 1 aromatic heterocycles. The molecule has 92 valence electrons. The number of thiocarbonyl (C=S) groups is 1. The van der Waals surface area contributed by atoms with Crippen LogP contribution in [0, 0.1) is 13.8 Å². The number of hydrogen-bond donors (Lipinski definition) is 2. The molecule has 18 heavy (non-hydrogen) atoms. The number of benzene rings is 1. The van der Waals surface area contributed by atoms with Crippen molar-refractivity contribution in [2.75, 3.05) is 0 Å². The van der Waals surface area contributed by atoms with E-state index in [1.54, 1.807) is 6.07 Å². The summed E-state index contributed by atoms with van der Waals surface area (Å²) in [5.41, 5.74) is 9.65. The van der Waals surface area contributed by atoms with Crippen LogP contribution in [0.1, 0.15) is 16.7 Å². The zero-order valence-electron chi connectivity index (χ0n) is 10.3. The summed E-state index contributed by atoms with van der Waals surface area (Å²) < 4.78 is 0. The van der Waals surface area contributed by atoms with Crippen LogP contribution in [0.5, 0.6) is 0 Å². The van der Waals surface area contributed by atoms with Gasteiger partial charge in [-0.2, -0.15) is 0 Å². The number of aromatic amines is 1. The molecule has 0 saturated carbocycles.